The second-order valence-electron chi connectivity index (χ2n) is 26.0. The summed E-state index contributed by atoms with van der Waals surface area (Å²) < 4.78 is 5.52. The number of hydrogen-bond acceptors (Lipinski definition) is 5. The predicted octanol–water partition coefficient (Wildman–Crippen LogP) is 24.3. The van der Waals surface area contributed by atoms with Crippen LogP contribution in [0.1, 0.15) is 431 Å². The van der Waals surface area contributed by atoms with E-state index in [1.54, 1.807) is 6.08 Å². The number of ether oxygens (including phenoxy) is 1. The minimum atomic E-state index is -0.839. The summed E-state index contributed by atoms with van der Waals surface area (Å²) in [6.07, 6.45) is 89.0. The molecule has 0 spiro atoms. The van der Waals surface area contributed by atoms with Crippen molar-refractivity contribution in [1.29, 1.82) is 0 Å². The van der Waals surface area contributed by atoms with Crippen LogP contribution in [0.4, 0.5) is 0 Å². The smallest absolute Gasteiger partial charge is 0.305 e. The van der Waals surface area contributed by atoms with Gasteiger partial charge in [-0.1, -0.05) is 398 Å². The van der Waals surface area contributed by atoms with Crippen LogP contribution < -0.4 is 5.32 Å². The molecule has 0 aliphatic rings. The fourth-order valence-electron chi connectivity index (χ4n) is 12.1. The van der Waals surface area contributed by atoms with Crippen LogP contribution in [0.2, 0.25) is 0 Å². The number of carbonyl (C=O) groups is 2. The minimum Gasteiger partial charge on any atom is -0.466 e. The van der Waals surface area contributed by atoms with Crippen molar-refractivity contribution in [3.8, 4) is 0 Å². The van der Waals surface area contributed by atoms with Crippen LogP contribution in [-0.4, -0.2) is 47.4 Å². The quantitative estimate of drug-likeness (QED) is 0.0320. The topological polar surface area (TPSA) is 95.9 Å². The molecule has 0 aromatic rings. The Balaban J connectivity index is 3.29. The minimum absolute atomic E-state index is 0.0269. The van der Waals surface area contributed by atoms with E-state index in [0.717, 1.165) is 38.5 Å². The van der Waals surface area contributed by atoms with E-state index in [1.165, 1.54) is 366 Å². The molecule has 81 heavy (non-hydrogen) atoms. The van der Waals surface area contributed by atoms with Crippen LogP contribution in [-0.2, 0) is 14.3 Å². The maximum absolute atomic E-state index is 12.5. The van der Waals surface area contributed by atoms with E-state index in [2.05, 4.69) is 19.2 Å². The van der Waals surface area contributed by atoms with Crippen molar-refractivity contribution in [3.63, 3.8) is 0 Å². The summed E-state index contributed by atoms with van der Waals surface area (Å²) >= 11 is 0. The Morgan fingerprint density at radius 1 is 0.333 bits per heavy atom. The van der Waals surface area contributed by atoms with E-state index >= 15 is 0 Å². The molecule has 2 unspecified atom stereocenters. The van der Waals surface area contributed by atoms with E-state index < -0.39 is 12.1 Å². The fraction of sp³-hybridized carbons (Fsp3) is 0.947. The molecule has 0 rings (SSSR count). The molecule has 0 aromatic carbocycles. The van der Waals surface area contributed by atoms with Gasteiger partial charge >= 0.3 is 5.97 Å². The molecule has 0 saturated heterocycles. The maximum atomic E-state index is 12.5. The molecule has 0 saturated carbocycles. The SMILES string of the molecule is CCCCCCCCCCCCC/C=C/C(O)C(CO)NC(=O)CCCCCCCCCCCCCCCCCCCCCCCCCCCCCCCCCCCOC(=O)CCCCCCCCCCCCCCCCCCCC. The lowest BCUT2D eigenvalue weighted by Crippen LogP contribution is -2.45. The monoisotopic (exact) mass is 1140 g/mol. The van der Waals surface area contributed by atoms with E-state index in [4.69, 9.17) is 4.74 Å². The van der Waals surface area contributed by atoms with Gasteiger partial charge in [-0.3, -0.25) is 9.59 Å². The average molecular weight is 1140 g/mol. The van der Waals surface area contributed by atoms with Gasteiger partial charge in [-0.25, -0.2) is 0 Å². The number of rotatable bonds is 71. The van der Waals surface area contributed by atoms with E-state index in [1.807, 2.05) is 6.08 Å². The molecule has 0 aliphatic heterocycles. The summed E-state index contributed by atoms with van der Waals surface area (Å²) in [4.78, 5) is 24.6. The Hall–Kier alpha value is -1.40. The van der Waals surface area contributed by atoms with Crippen molar-refractivity contribution in [3.05, 3.63) is 12.2 Å². The van der Waals surface area contributed by atoms with E-state index in [9.17, 15) is 19.8 Å². The molecule has 482 valence electrons. The third kappa shape index (κ3) is 67.6. The number of amides is 1. The first-order valence-electron chi connectivity index (χ1n) is 37.5. The van der Waals surface area contributed by atoms with Gasteiger partial charge in [-0.2, -0.15) is 0 Å². The second-order valence-corrected chi connectivity index (χ2v) is 26.0. The van der Waals surface area contributed by atoms with Gasteiger partial charge in [0.2, 0.25) is 5.91 Å². The van der Waals surface area contributed by atoms with Gasteiger partial charge in [0.05, 0.1) is 25.4 Å². The Bertz CT molecular complexity index is 1220. The number of aliphatic hydroxyl groups is 2. The molecule has 0 radical (unpaired) electrons. The molecule has 0 heterocycles. The van der Waals surface area contributed by atoms with Crippen LogP contribution in [0.15, 0.2) is 12.2 Å². The molecule has 2 atom stereocenters. The Morgan fingerprint density at radius 2 is 0.568 bits per heavy atom. The van der Waals surface area contributed by atoms with Gasteiger partial charge in [0.15, 0.2) is 0 Å². The number of unbranched alkanes of at least 4 members (excludes halogenated alkanes) is 60. The first-order chi connectivity index (χ1) is 40.0. The summed E-state index contributed by atoms with van der Waals surface area (Å²) in [7, 11) is 0. The summed E-state index contributed by atoms with van der Waals surface area (Å²) in [6, 6.07) is -0.623. The molecule has 0 aromatic heterocycles. The van der Waals surface area contributed by atoms with Crippen LogP contribution in [0.3, 0.4) is 0 Å². The first kappa shape index (κ1) is 79.6. The zero-order valence-corrected chi connectivity index (χ0v) is 55.3. The highest BCUT2D eigenvalue weighted by atomic mass is 16.5. The molecule has 3 N–H and O–H groups in total. The van der Waals surface area contributed by atoms with Crippen molar-refractivity contribution in [2.24, 2.45) is 0 Å². The highest BCUT2D eigenvalue weighted by Gasteiger charge is 2.18. The highest BCUT2D eigenvalue weighted by molar-refractivity contribution is 5.76. The zero-order valence-electron chi connectivity index (χ0n) is 55.3. The standard InChI is InChI=1S/C75H147NO5/c1-3-5-7-9-11-13-15-17-18-19-38-41-45-49-53-57-61-65-69-75(80)81-70-66-62-58-54-50-46-42-39-36-34-32-30-28-26-24-22-20-21-23-25-27-29-31-33-35-37-40-44-48-52-56-60-64-68-74(79)76-72(71-77)73(78)67-63-59-55-51-47-43-16-14-12-10-8-6-4-2/h63,67,72-73,77-78H,3-62,64-66,68-71H2,1-2H3,(H,76,79)/b67-63+. The molecular formula is C75H147NO5. The van der Waals surface area contributed by atoms with Gasteiger partial charge in [0.1, 0.15) is 0 Å². The number of hydrogen-bond donors (Lipinski definition) is 3. The van der Waals surface area contributed by atoms with Gasteiger partial charge in [-0.05, 0) is 32.1 Å². The van der Waals surface area contributed by atoms with Gasteiger partial charge in [-0.15, -0.1) is 0 Å². The summed E-state index contributed by atoms with van der Waals surface area (Å²) in [5.41, 5.74) is 0. The normalized spacial score (nSPS) is 12.5. The fourth-order valence-corrected chi connectivity index (χ4v) is 12.1. The number of aliphatic hydroxyl groups excluding tert-OH is 2. The van der Waals surface area contributed by atoms with Gasteiger partial charge in [0, 0.05) is 12.8 Å². The highest BCUT2D eigenvalue weighted by Crippen LogP contribution is 2.20. The molecule has 0 bridgehead atoms. The summed E-state index contributed by atoms with van der Waals surface area (Å²) in [5.74, 6) is -0.0340. The summed E-state index contributed by atoms with van der Waals surface area (Å²) in [6.45, 7) is 4.95. The van der Waals surface area contributed by atoms with E-state index in [0.29, 0.717) is 19.4 Å². The zero-order chi connectivity index (χ0) is 58.5. The van der Waals surface area contributed by atoms with Crippen molar-refractivity contribution in [2.45, 2.75) is 443 Å². The van der Waals surface area contributed by atoms with Crippen molar-refractivity contribution in [2.75, 3.05) is 13.2 Å². The molecule has 6 nitrogen and oxygen atoms in total. The van der Waals surface area contributed by atoms with Crippen LogP contribution in [0.5, 0.6) is 0 Å². The van der Waals surface area contributed by atoms with Gasteiger partial charge in [0.25, 0.3) is 0 Å². The van der Waals surface area contributed by atoms with E-state index in [-0.39, 0.29) is 18.5 Å². The lowest BCUT2D eigenvalue weighted by atomic mass is 10.0. The van der Waals surface area contributed by atoms with Crippen molar-refractivity contribution >= 4 is 11.9 Å². The Kier molecular flexibility index (Phi) is 69.9. The second kappa shape index (κ2) is 71.1. The van der Waals surface area contributed by atoms with Crippen LogP contribution in [0.25, 0.3) is 0 Å². The third-order valence-corrected chi connectivity index (χ3v) is 17.8. The lowest BCUT2D eigenvalue weighted by Gasteiger charge is -2.20. The molecular weight excluding hydrogens is 995 g/mol. The number of nitrogens with one attached hydrogen (secondary N) is 1. The summed E-state index contributed by atoms with van der Waals surface area (Å²) in [5, 5.41) is 23.1. The molecule has 0 aliphatic carbocycles. The van der Waals surface area contributed by atoms with Crippen molar-refractivity contribution < 1.29 is 24.5 Å². The Morgan fingerprint density at radius 3 is 0.840 bits per heavy atom. The van der Waals surface area contributed by atoms with Crippen LogP contribution >= 0.6 is 0 Å². The number of allylic oxidation sites excluding steroid dienone is 1. The largest absolute Gasteiger partial charge is 0.466 e. The Labute approximate surface area is 508 Å². The van der Waals surface area contributed by atoms with Gasteiger partial charge < -0.3 is 20.3 Å². The van der Waals surface area contributed by atoms with Crippen molar-refractivity contribution in [1.82, 2.24) is 5.32 Å². The lowest BCUT2D eigenvalue weighted by molar-refractivity contribution is -0.143. The van der Waals surface area contributed by atoms with Crippen LogP contribution in [0, 0.1) is 0 Å². The third-order valence-electron chi connectivity index (χ3n) is 17.8. The average Bonchev–Trinajstić information content (AvgIpc) is 3.47. The predicted molar refractivity (Wildman–Crippen MR) is 357 cm³/mol. The maximum Gasteiger partial charge on any atom is 0.305 e. The molecule has 0 fully saturated rings. The molecule has 1 amide bonds. The molecule has 6 heteroatoms. The number of carbonyl (C=O) groups excluding carboxylic acids is 2. The first-order valence-corrected chi connectivity index (χ1v) is 37.5. The number of esters is 1.